The average Bonchev–Trinajstić information content (AvgIpc) is 2.42. The molecule has 8 nitrogen and oxygen atoms in total. The third kappa shape index (κ3) is 4.15. The highest BCUT2D eigenvalue weighted by atomic mass is 32.2. The fourth-order valence-corrected chi connectivity index (χ4v) is 2.77. The minimum Gasteiger partial charge on any atom is -0.497 e. The Bertz CT molecular complexity index is 573. The second-order valence-corrected chi connectivity index (χ2v) is 5.68. The Morgan fingerprint density at radius 2 is 2.05 bits per heavy atom. The molecular weight excluding hydrogens is 286 g/mol. The molecule has 0 radical (unpaired) electrons. The Labute approximate surface area is 117 Å². The molecule has 9 heteroatoms. The van der Waals surface area contributed by atoms with Crippen LogP contribution in [0.4, 0.5) is 5.69 Å². The van der Waals surface area contributed by atoms with E-state index >= 15 is 0 Å². The molecule has 0 aromatic heterocycles. The fraction of sp³-hybridized carbons (Fsp3) is 0.455. The highest BCUT2D eigenvalue weighted by Gasteiger charge is 2.25. The van der Waals surface area contributed by atoms with Gasteiger partial charge in [-0.2, -0.15) is 0 Å². The standard InChI is InChI=1S/C11H17N3O5S/c1-12-6-3-7-13-20(17,18)11-5-4-9(19-2)8-10(11)14(15)16/h4-5,8,12-13H,3,6-7H2,1-2H3. The summed E-state index contributed by atoms with van der Waals surface area (Å²) in [4.78, 5) is 9.85. The Morgan fingerprint density at radius 3 is 2.60 bits per heavy atom. The van der Waals surface area contributed by atoms with Gasteiger partial charge in [-0.15, -0.1) is 0 Å². The quantitative estimate of drug-likeness (QED) is 0.411. The molecule has 20 heavy (non-hydrogen) atoms. The van der Waals surface area contributed by atoms with Gasteiger partial charge in [-0.3, -0.25) is 10.1 Å². The van der Waals surface area contributed by atoms with Crippen molar-refractivity contribution in [2.24, 2.45) is 0 Å². The summed E-state index contributed by atoms with van der Waals surface area (Å²) in [5.41, 5.74) is -0.509. The van der Waals surface area contributed by atoms with Crippen molar-refractivity contribution >= 4 is 15.7 Å². The highest BCUT2D eigenvalue weighted by molar-refractivity contribution is 7.89. The van der Waals surface area contributed by atoms with Crippen molar-refractivity contribution in [1.82, 2.24) is 10.0 Å². The molecule has 1 aromatic carbocycles. The molecule has 0 saturated carbocycles. The molecule has 0 heterocycles. The first-order valence-corrected chi connectivity index (χ1v) is 7.37. The summed E-state index contributed by atoms with van der Waals surface area (Å²) in [6, 6.07) is 3.62. The molecule has 0 aliphatic carbocycles. The van der Waals surface area contributed by atoms with Crippen molar-refractivity contribution in [2.75, 3.05) is 27.2 Å². The number of nitro groups is 1. The lowest BCUT2D eigenvalue weighted by atomic mass is 10.3. The number of methoxy groups -OCH3 is 1. The van der Waals surface area contributed by atoms with Crippen LogP contribution in [0.5, 0.6) is 5.75 Å². The van der Waals surface area contributed by atoms with E-state index in [-0.39, 0.29) is 17.2 Å². The lowest BCUT2D eigenvalue weighted by molar-refractivity contribution is -0.387. The number of nitrogens with zero attached hydrogens (tertiary/aromatic N) is 1. The molecule has 0 atom stereocenters. The summed E-state index contributed by atoms with van der Waals surface area (Å²) in [6.07, 6.45) is 0.583. The molecule has 0 aliphatic rings. The van der Waals surface area contributed by atoms with Crippen molar-refractivity contribution in [3.63, 3.8) is 0 Å². The number of sulfonamides is 1. The van der Waals surface area contributed by atoms with Crippen LogP contribution in [0, 0.1) is 10.1 Å². The predicted octanol–water partition coefficient (Wildman–Crippen LogP) is 0.491. The van der Waals surface area contributed by atoms with Crippen LogP contribution >= 0.6 is 0 Å². The molecule has 0 aliphatic heterocycles. The van der Waals surface area contributed by atoms with Crippen molar-refractivity contribution in [3.05, 3.63) is 28.3 Å². The largest absolute Gasteiger partial charge is 0.497 e. The molecule has 0 spiro atoms. The predicted molar refractivity (Wildman–Crippen MR) is 73.4 cm³/mol. The van der Waals surface area contributed by atoms with Crippen molar-refractivity contribution in [2.45, 2.75) is 11.3 Å². The maximum atomic E-state index is 12.0. The topological polar surface area (TPSA) is 111 Å². The van der Waals surface area contributed by atoms with E-state index in [9.17, 15) is 18.5 Å². The van der Waals surface area contributed by atoms with E-state index in [1.807, 2.05) is 0 Å². The van der Waals surface area contributed by atoms with Crippen LogP contribution in [0.2, 0.25) is 0 Å². The van der Waals surface area contributed by atoms with E-state index < -0.39 is 20.6 Å². The molecular formula is C11H17N3O5S. The zero-order chi connectivity index (χ0) is 15.2. The minimum absolute atomic E-state index is 0.201. The number of ether oxygens (including phenoxy) is 1. The minimum atomic E-state index is -3.92. The van der Waals surface area contributed by atoms with E-state index in [4.69, 9.17) is 4.74 Å². The van der Waals surface area contributed by atoms with E-state index in [0.717, 1.165) is 12.1 Å². The van der Waals surface area contributed by atoms with Crippen LogP contribution in [0.1, 0.15) is 6.42 Å². The Balaban J connectivity index is 3.02. The Kier molecular flexibility index (Phi) is 5.86. The van der Waals surface area contributed by atoms with Gasteiger partial charge in [0.1, 0.15) is 5.75 Å². The average molecular weight is 303 g/mol. The maximum absolute atomic E-state index is 12.0. The second-order valence-electron chi connectivity index (χ2n) is 3.95. The van der Waals surface area contributed by atoms with Gasteiger partial charge in [-0.1, -0.05) is 0 Å². The second kappa shape index (κ2) is 7.17. The van der Waals surface area contributed by atoms with Crippen molar-refractivity contribution in [1.29, 1.82) is 0 Å². The third-order valence-corrected chi connectivity index (χ3v) is 4.06. The lowest BCUT2D eigenvalue weighted by Crippen LogP contribution is -2.27. The van der Waals surface area contributed by atoms with E-state index in [2.05, 4.69) is 10.0 Å². The van der Waals surface area contributed by atoms with Crippen molar-refractivity contribution < 1.29 is 18.1 Å². The lowest BCUT2D eigenvalue weighted by Gasteiger charge is -2.08. The summed E-state index contributed by atoms with van der Waals surface area (Å²) in [5, 5.41) is 13.8. The molecule has 0 amide bonds. The van der Waals surface area contributed by atoms with Crippen LogP contribution in [0.3, 0.4) is 0 Å². The first-order chi connectivity index (χ1) is 9.42. The fourth-order valence-electron chi connectivity index (χ4n) is 1.54. The van der Waals surface area contributed by atoms with Gasteiger partial charge in [0.15, 0.2) is 4.90 Å². The summed E-state index contributed by atoms with van der Waals surface area (Å²) in [5.74, 6) is 0.228. The van der Waals surface area contributed by atoms with Crippen LogP contribution < -0.4 is 14.8 Å². The first-order valence-electron chi connectivity index (χ1n) is 5.89. The first kappa shape index (κ1) is 16.3. The zero-order valence-corrected chi connectivity index (χ0v) is 12.1. The van der Waals surface area contributed by atoms with Gasteiger partial charge < -0.3 is 10.1 Å². The van der Waals surface area contributed by atoms with Crippen LogP contribution in [-0.4, -0.2) is 40.6 Å². The number of hydrogen-bond acceptors (Lipinski definition) is 6. The monoisotopic (exact) mass is 303 g/mol. The van der Waals surface area contributed by atoms with E-state index in [1.165, 1.54) is 13.2 Å². The van der Waals surface area contributed by atoms with Crippen LogP contribution in [0.25, 0.3) is 0 Å². The Morgan fingerprint density at radius 1 is 1.35 bits per heavy atom. The van der Waals surface area contributed by atoms with Crippen molar-refractivity contribution in [3.8, 4) is 5.75 Å². The molecule has 2 N–H and O–H groups in total. The van der Waals surface area contributed by atoms with Gasteiger partial charge in [-0.25, -0.2) is 13.1 Å². The van der Waals surface area contributed by atoms with Gasteiger partial charge in [0, 0.05) is 6.54 Å². The van der Waals surface area contributed by atoms with Gasteiger partial charge >= 0.3 is 0 Å². The molecule has 1 rings (SSSR count). The van der Waals surface area contributed by atoms with Gasteiger partial charge in [0.25, 0.3) is 5.69 Å². The van der Waals surface area contributed by atoms with Gasteiger partial charge in [-0.05, 0) is 32.1 Å². The normalized spacial score (nSPS) is 11.3. The van der Waals surface area contributed by atoms with Crippen LogP contribution in [-0.2, 0) is 10.0 Å². The summed E-state index contributed by atoms with van der Waals surface area (Å²) < 4.78 is 31.3. The molecule has 112 valence electrons. The summed E-state index contributed by atoms with van der Waals surface area (Å²) in [6.45, 7) is 0.847. The number of hydrogen-bond donors (Lipinski definition) is 2. The maximum Gasteiger partial charge on any atom is 0.293 e. The third-order valence-electron chi connectivity index (χ3n) is 2.55. The Hall–Kier alpha value is -1.71. The molecule has 0 fully saturated rings. The van der Waals surface area contributed by atoms with Gasteiger partial charge in [0.2, 0.25) is 10.0 Å². The number of benzene rings is 1. The number of nitrogens with one attached hydrogen (secondary N) is 2. The van der Waals surface area contributed by atoms with Crippen LogP contribution in [0.15, 0.2) is 23.1 Å². The molecule has 1 aromatic rings. The molecule has 0 saturated heterocycles. The summed E-state index contributed by atoms with van der Waals surface area (Å²) in [7, 11) is -0.813. The number of nitro benzene ring substituents is 1. The smallest absolute Gasteiger partial charge is 0.293 e. The number of rotatable bonds is 8. The highest BCUT2D eigenvalue weighted by Crippen LogP contribution is 2.28. The molecule has 0 bridgehead atoms. The SMILES string of the molecule is CNCCCNS(=O)(=O)c1ccc(OC)cc1[N+](=O)[O-]. The van der Waals surface area contributed by atoms with E-state index in [0.29, 0.717) is 13.0 Å². The van der Waals surface area contributed by atoms with Gasteiger partial charge in [0.05, 0.1) is 18.1 Å². The zero-order valence-electron chi connectivity index (χ0n) is 11.3. The van der Waals surface area contributed by atoms with E-state index in [1.54, 1.807) is 7.05 Å². The summed E-state index contributed by atoms with van der Waals surface area (Å²) >= 11 is 0. The molecule has 0 unspecified atom stereocenters.